The van der Waals surface area contributed by atoms with Crippen LogP contribution in [0, 0.1) is 17.8 Å². The molecule has 29 heavy (non-hydrogen) atoms. The Kier molecular flexibility index (Phi) is 7.30. The summed E-state index contributed by atoms with van der Waals surface area (Å²) in [6, 6.07) is 8.49. The Labute approximate surface area is 180 Å². The maximum Gasteiger partial charge on any atom is 0.540 e. The number of allylic oxidation sites excluding steroid dienone is 2. The van der Waals surface area contributed by atoms with Crippen molar-refractivity contribution < 1.29 is 3.79 Å². The van der Waals surface area contributed by atoms with Gasteiger partial charge in [-0.05, 0) is 67.7 Å². The molecule has 4 rings (SSSR count). The molecule has 3 unspecified atom stereocenters. The van der Waals surface area contributed by atoms with Crippen LogP contribution in [0.15, 0.2) is 42.6 Å². The second kappa shape index (κ2) is 10.1. The van der Waals surface area contributed by atoms with Crippen LogP contribution in [0.5, 0.6) is 5.75 Å². The van der Waals surface area contributed by atoms with Crippen LogP contribution < -0.4 is 9.11 Å². The van der Waals surface area contributed by atoms with E-state index in [1.165, 1.54) is 55.9 Å². The molecule has 1 aromatic heterocycles. The van der Waals surface area contributed by atoms with Gasteiger partial charge >= 0.3 is 14.5 Å². The minimum absolute atomic E-state index is 0.902. The molecule has 0 saturated heterocycles. The topological polar surface area (TPSA) is 34.1 Å². The number of hydrogen-bond donors (Lipinski definition) is 1. The minimum Gasteiger partial charge on any atom is -0.641 e. The SMILES string of the molecule is [CH3][Al]([CH3])[O]c1ccc(CNCCCCCCC2CC3C=CC2C3)c2cccnc12. The van der Waals surface area contributed by atoms with E-state index in [1.807, 2.05) is 12.3 Å². The Balaban J connectivity index is 1.16. The van der Waals surface area contributed by atoms with E-state index in [2.05, 4.69) is 52.2 Å². The summed E-state index contributed by atoms with van der Waals surface area (Å²) in [7, 11) is 0. The maximum absolute atomic E-state index is 6.07. The van der Waals surface area contributed by atoms with Gasteiger partial charge in [0.15, 0.2) is 0 Å². The van der Waals surface area contributed by atoms with Gasteiger partial charge in [-0.1, -0.05) is 55.1 Å². The molecular formula is C25H35AlN2O. The van der Waals surface area contributed by atoms with Gasteiger partial charge in [-0.15, -0.1) is 0 Å². The first kappa shape index (κ1) is 20.9. The first-order chi connectivity index (χ1) is 14.2. The van der Waals surface area contributed by atoms with Crippen LogP contribution >= 0.6 is 0 Å². The van der Waals surface area contributed by atoms with Crippen molar-refractivity contribution in [2.24, 2.45) is 17.8 Å². The fourth-order valence-corrected chi connectivity index (χ4v) is 5.87. The van der Waals surface area contributed by atoms with Crippen molar-refractivity contribution in [1.29, 1.82) is 0 Å². The lowest BCUT2D eigenvalue weighted by Gasteiger charge is -2.17. The third-order valence-electron chi connectivity index (χ3n) is 6.60. The average Bonchev–Trinajstić information content (AvgIpc) is 3.34. The van der Waals surface area contributed by atoms with Crippen LogP contribution in [0.25, 0.3) is 10.9 Å². The van der Waals surface area contributed by atoms with Crippen molar-refractivity contribution in [1.82, 2.24) is 10.3 Å². The molecule has 154 valence electrons. The number of hydrogen-bond acceptors (Lipinski definition) is 3. The van der Waals surface area contributed by atoms with E-state index >= 15 is 0 Å². The third kappa shape index (κ3) is 5.43. The average molecular weight is 407 g/mol. The van der Waals surface area contributed by atoms with Crippen LogP contribution in [0.2, 0.25) is 11.6 Å². The van der Waals surface area contributed by atoms with Gasteiger partial charge < -0.3 is 9.11 Å². The van der Waals surface area contributed by atoms with Crippen LogP contribution in [-0.2, 0) is 6.54 Å². The maximum atomic E-state index is 6.07. The van der Waals surface area contributed by atoms with Gasteiger partial charge in [0.25, 0.3) is 0 Å². The van der Waals surface area contributed by atoms with E-state index in [4.69, 9.17) is 3.79 Å². The molecule has 0 spiro atoms. The molecule has 3 nitrogen and oxygen atoms in total. The molecule has 2 bridgehead atoms. The number of rotatable bonds is 11. The first-order valence-corrected chi connectivity index (χ1v) is 14.4. The summed E-state index contributed by atoms with van der Waals surface area (Å²) in [4.78, 5) is 4.58. The summed E-state index contributed by atoms with van der Waals surface area (Å²) in [6.07, 6.45) is 16.6. The second-order valence-electron chi connectivity index (χ2n) is 9.21. The van der Waals surface area contributed by atoms with E-state index in [1.54, 1.807) is 0 Å². The molecule has 1 fully saturated rings. The number of nitrogens with one attached hydrogen (secondary N) is 1. The smallest absolute Gasteiger partial charge is 0.540 e. The highest BCUT2D eigenvalue weighted by Crippen LogP contribution is 2.45. The molecule has 0 aliphatic heterocycles. The van der Waals surface area contributed by atoms with Crippen molar-refractivity contribution >= 4 is 25.4 Å². The molecule has 2 aromatic rings. The zero-order valence-electron chi connectivity index (χ0n) is 18.1. The Bertz CT molecular complexity index is 835. The summed E-state index contributed by atoms with van der Waals surface area (Å²) < 4.78 is 6.07. The van der Waals surface area contributed by atoms with E-state index in [9.17, 15) is 0 Å². The summed E-state index contributed by atoms with van der Waals surface area (Å²) in [5, 5.41) is 4.85. The third-order valence-corrected chi connectivity index (χ3v) is 7.32. The molecular weight excluding hydrogens is 371 g/mol. The Morgan fingerprint density at radius 3 is 2.76 bits per heavy atom. The van der Waals surface area contributed by atoms with E-state index in [0.29, 0.717) is 0 Å². The molecule has 4 heteroatoms. The van der Waals surface area contributed by atoms with Gasteiger partial charge in [0.05, 0.1) is 0 Å². The van der Waals surface area contributed by atoms with Crippen LogP contribution in [0.4, 0.5) is 0 Å². The highest BCUT2D eigenvalue weighted by Gasteiger charge is 2.34. The Morgan fingerprint density at radius 2 is 1.97 bits per heavy atom. The van der Waals surface area contributed by atoms with Crippen molar-refractivity contribution in [2.75, 3.05) is 6.54 Å². The Morgan fingerprint density at radius 1 is 1.07 bits per heavy atom. The van der Waals surface area contributed by atoms with Crippen LogP contribution in [-0.4, -0.2) is 26.0 Å². The quantitative estimate of drug-likeness (QED) is 0.277. The van der Waals surface area contributed by atoms with Crippen molar-refractivity contribution in [3.8, 4) is 5.75 Å². The first-order valence-electron chi connectivity index (χ1n) is 11.6. The monoisotopic (exact) mass is 406 g/mol. The standard InChI is InChI=1S/C23H30N2O.2CH3.Al/c26-22-11-10-20(21-7-5-13-25-23(21)22)16-24-12-4-2-1-3-6-18-14-17-8-9-19(18)15-17;;;/h5,7-11,13,17-19,24,26H,1-4,6,12,14-16H2;2*1H3;/q;;;+1/p-1. The van der Waals surface area contributed by atoms with E-state index in [-0.39, 0.29) is 0 Å². The van der Waals surface area contributed by atoms with E-state index in [0.717, 1.165) is 42.1 Å². The largest absolute Gasteiger partial charge is 0.641 e. The van der Waals surface area contributed by atoms with Gasteiger partial charge in [0, 0.05) is 18.1 Å². The van der Waals surface area contributed by atoms with Gasteiger partial charge in [-0.3, -0.25) is 4.98 Å². The molecule has 1 saturated carbocycles. The van der Waals surface area contributed by atoms with Crippen LogP contribution in [0.1, 0.15) is 50.5 Å². The predicted octanol–water partition coefficient (Wildman–Crippen LogP) is 6.12. The number of fused-ring (bicyclic) bond motifs is 3. The number of aromatic nitrogens is 1. The molecule has 0 amide bonds. The van der Waals surface area contributed by atoms with Crippen molar-refractivity contribution in [3.05, 3.63) is 48.2 Å². The molecule has 1 heterocycles. The van der Waals surface area contributed by atoms with Crippen molar-refractivity contribution in [2.45, 2.75) is 63.1 Å². The number of benzene rings is 1. The second-order valence-corrected chi connectivity index (χ2v) is 11.5. The highest BCUT2D eigenvalue weighted by atomic mass is 27.2. The van der Waals surface area contributed by atoms with Gasteiger partial charge in [0.2, 0.25) is 0 Å². The van der Waals surface area contributed by atoms with Gasteiger partial charge in [0.1, 0.15) is 11.3 Å². The summed E-state index contributed by atoms with van der Waals surface area (Å²) in [6.45, 7) is 1.99. The van der Waals surface area contributed by atoms with Crippen molar-refractivity contribution in [3.63, 3.8) is 0 Å². The lowest BCUT2D eigenvalue weighted by molar-refractivity contribution is 0.394. The van der Waals surface area contributed by atoms with E-state index < -0.39 is 14.5 Å². The lowest BCUT2D eigenvalue weighted by atomic mass is 9.88. The molecule has 2 aliphatic carbocycles. The fraction of sp³-hybridized carbons (Fsp3) is 0.560. The molecule has 1 aromatic carbocycles. The Hall–Kier alpha value is -1.34. The lowest BCUT2D eigenvalue weighted by Crippen LogP contribution is -2.16. The molecule has 2 aliphatic rings. The summed E-state index contributed by atoms with van der Waals surface area (Å²) in [5.41, 5.74) is 2.32. The predicted molar refractivity (Wildman–Crippen MR) is 123 cm³/mol. The van der Waals surface area contributed by atoms with Gasteiger partial charge in [-0.25, -0.2) is 0 Å². The normalized spacial score (nSPS) is 22.5. The number of unbranched alkanes of at least 4 members (excludes halogenated alkanes) is 3. The highest BCUT2D eigenvalue weighted by molar-refractivity contribution is 6.49. The zero-order valence-corrected chi connectivity index (χ0v) is 19.2. The number of pyridine rings is 1. The minimum atomic E-state index is -1.13. The summed E-state index contributed by atoms with van der Waals surface area (Å²) in [5.74, 6) is 8.17. The number of nitrogens with zero attached hydrogens (tertiary/aromatic N) is 1. The molecule has 1 N–H and O–H groups in total. The van der Waals surface area contributed by atoms with Gasteiger partial charge in [-0.2, -0.15) is 0 Å². The summed E-state index contributed by atoms with van der Waals surface area (Å²) >= 11 is -1.13. The fourth-order valence-electron chi connectivity index (χ4n) is 5.17. The molecule has 3 atom stereocenters. The molecule has 0 radical (unpaired) electrons. The van der Waals surface area contributed by atoms with Crippen LogP contribution in [0.3, 0.4) is 0 Å². The zero-order chi connectivity index (χ0) is 20.1.